The highest BCUT2D eigenvalue weighted by molar-refractivity contribution is 6.24. The van der Waals surface area contributed by atoms with Crippen LogP contribution in [0.15, 0.2) is 167 Å². The fraction of sp³-hybridized carbons (Fsp3) is 0. The van der Waals surface area contributed by atoms with E-state index in [-0.39, 0.29) is 0 Å². The lowest BCUT2D eigenvalue weighted by Crippen LogP contribution is -1.97. The molecule has 4 heterocycles. The van der Waals surface area contributed by atoms with Crippen LogP contribution in [-0.4, -0.2) is 14.5 Å². The smallest absolute Gasteiger partial charge is 0.238 e. The third kappa shape index (κ3) is 4.38. The van der Waals surface area contributed by atoms with Crippen LogP contribution in [0.1, 0.15) is 0 Å². The molecule has 0 bridgehead atoms. The minimum atomic E-state index is 0.401. The Labute approximate surface area is 302 Å². The molecule has 0 fully saturated rings. The van der Waals surface area contributed by atoms with E-state index in [0.717, 1.165) is 88.1 Å². The molecule has 53 heavy (non-hydrogen) atoms. The molecule has 0 aliphatic heterocycles. The van der Waals surface area contributed by atoms with Crippen LogP contribution in [0.3, 0.4) is 0 Å². The Hall–Kier alpha value is -7.49. The zero-order valence-electron chi connectivity index (χ0n) is 28.1. The molecule has 0 aliphatic carbocycles. The van der Waals surface area contributed by atoms with Gasteiger partial charge in [0.1, 0.15) is 22.3 Å². The van der Waals surface area contributed by atoms with Crippen LogP contribution >= 0.6 is 0 Å². The summed E-state index contributed by atoms with van der Waals surface area (Å²) in [4.78, 5) is 13.9. The molecule has 0 unspecified atom stereocenters. The quantitative estimate of drug-likeness (QED) is 0.174. The van der Waals surface area contributed by atoms with E-state index >= 15 is 0 Å². The molecule has 0 atom stereocenters. The molecule has 7 aromatic carbocycles. The van der Waals surface area contributed by atoms with Crippen molar-refractivity contribution in [2.75, 3.05) is 0 Å². The van der Waals surface area contributed by atoms with E-state index in [1.165, 1.54) is 0 Å². The van der Waals surface area contributed by atoms with Crippen LogP contribution in [0.25, 0.3) is 110 Å². The lowest BCUT2D eigenvalue weighted by Gasteiger charge is -2.12. The van der Waals surface area contributed by atoms with Gasteiger partial charge in [-0.05, 0) is 59.7 Å². The van der Waals surface area contributed by atoms with Crippen molar-refractivity contribution in [3.05, 3.63) is 169 Å². The second-order valence-electron chi connectivity index (χ2n) is 13.2. The first-order valence-electron chi connectivity index (χ1n) is 17.4. The summed E-state index contributed by atoms with van der Waals surface area (Å²) in [7, 11) is 0. The summed E-state index contributed by atoms with van der Waals surface area (Å²) in [6.45, 7) is 8.24. The Morgan fingerprint density at radius 1 is 0.472 bits per heavy atom. The Morgan fingerprint density at radius 3 is 1.89 bits per heavy atom. The van der Waals surface area contributed by atoms with Crippen molar-refractivity contribution in [3.63, 3.8) is 0 Å². The predicted octanol–water partition coefficient (Wildman–Crippen LogP) is 12.9. The zero-order chi connectivity index (χ0) is 35.0. The minimum Gasteiger partial charge on any atom is -0.456 e. The first-order chi connectivity index (χ1) is 26.2. The molecular formula is C47H26N4O2. The summed E-state index contributed by atoms with van der Waals surface area (Å²) in [5.41, 5.74) is 10.5. The van der Waals surface area contributed by atoms with E-state index in [1.54, 1.807) is 0 Å². The van der Waals surface area contributed by atoms with Gasteiger partial charge in [0.25, 0.3) is 0 Å². The zero-order valence-corrected chi connectivity index (χ0v) is 28.1. The maximum absolute atomic E-state index is 8.24. The van der Waals surface area contributed by atoms with Gasteiger partial charge in [-0.2, -0.15) is 0 Å². The van der Waals surface area contributed by atoms with E-state index in [0.29, 0.717) is 22.9 Å². The van der Waals surface area contributed by atoms with Crippen molar-refractivity contribution >= 4 is 71.4 Å². The molecule has 11 aromatic rings. The standard InChI is InChI=1S/C47H26N4O2/c1-48-45-43(28-12-4-2-5-13-28)49-47(29-14-6-3-7-15-29)50-44(45)30-20-22-33-34-23-21-31(27-41(34)52-40(33)26-30)51-37-18-10-8-17-36(37)42-38(51)25-24-35-32-16-9-11-19-39(32)53-46(35)42/h2-27H. The maximum atomic E-state index is 8.24. The number of fused-ring (bicyclic) bond motifs is 10. The molecule has 0 aliphatic rings. The third-order valence-corrected chi connectivity index (χ3v) is 10.2. The molecular weight excluding hydrogens is 653 g/mol. The molecule has 0 spiro atoms. The molecule has 11 rings (SSSR count). The average Bonchev–Trinajstić information content (AvgIpc) is 3.89. The summed E-state index contributed by atoms with van der Waals surface area (Å²) < 4.78 is 15.4. The van der Waals surface area contributed by atoms with Crippen LogP contribution < -0.4 is 0 Å². The number of nitrogens with zero attached hydrogens (tertiary/aromatic N) is 4. The Balaban J connectivity index is 1.09. The first-order valence-corrected chi connectivity index (χ1v) is 17.4. The first kappa shape index (κ1) is 29.3. The van der Waals surface area contributed by atoms with Crippen molar-refractivity contribution in [1.82, 2.24) is 14.5 Å². The lowest BCUT2D eigenvalue weighted by atomic mass is 10.0. The summed E-state index contributed by atoms with van der Waals surface area (Å²) in [5.74, 6) is 0.562. The van der Waals surface area contributed by atoms with Gasteiger partial charge >= 0.3 is 0 Å². The number of para-hydroxylation sites is 2. The molecule has 4 aromatic heterocycles. The van der Waals surface area contributed by atoms with E-state index in [9.17, 15) is 0 Å². The SMILES string of the molecule is [C-]#[N+]c1c(-c2ccccc2)nc(-c2ccccc2)nc1-c1ccc2c(c1)oc1cc(-n3c4ccccc4c4c5oc6ccccc6c5ccc43)ccc12. The summed E-state index contributed by atoms with van der Waals surface area (Å²) in [5, 5.41) is 6.45. The van der Waals surface area contributed by atoms with Crippen LogP contribution in [0.5, 0.6) is 0 Å². The molecule has 6 nitrogen and oxygen atoms in total. The van der Waals surface area contributed by atoms with Gasteiger partial charge in [0.05, 0.1) is 34.4 Å². The highest BCUT2D eigenvalue weighted by atomic mass is 16.3. The molecule has 6 heteroatoms. The van der Waals surface area contributed by atoms with Gasteiger partial charge in [0.2, 0.25) is 5.69 Å². The van der Waals surface area contributed by atoms with Gasteiger partial charge in [-0.3, -0.25) is 0 Å². The third-order valence-electron chi connectivity index (χ3n) is 10.2. The van der Waals surface area contributed by atoms with E-state index in [4.69, 9.17) is 25.4 Å². The molecule has 246 valence electrons. The van der Waals surface area contributed by atoms with E-state index in [2.05, 4.69) is 82.2 Å². The van der Waals surface area contributed by atoms with Gasteiger partial charge in [0, 0.05) is 44.2 Å². The monoisotopic (exact) mass is 678 g/mol. The largest absolute Gasteiger partial charge is 0.456 e. The highest BCUT2D eigenvalue weighted by Crippen LogP contribution is 2.43. The maximum Gasteiger partial charge on any atom is 0.238 e. The van der Waals surface area contributed by atoms with Crippen molar-refractivity contribution in [3.8, 4) is 39.6 Å². The second-order valence-corrected chi connectivity index (χ2v) is 13.2. The van der Waals surface area contributed by atoms with Crippen molar-refractivity contribution in [2.45, 2.75) is 0 Å². The number of aromatic nitrogens is 3. The topological polar surface area (TPSA) is 61.4 Å². The number of hydrogen-bond donors (Lipinski definition) is 0. The van der Waals surface area contributed by atoms with Gasteiger partial charge in [-0.15, -0.1) is 0 Å². The average molecular weight is 679 g/mol. The van der Waals surface area contributed by atoms with E-state index < -0.39 is 0 Å². The minimum absolute atomic E-state index is 0.401. The highest BCUT2D eigenvalue weighted by Gasteiger charge is 2.22. The van der Waals surface area contributed by atoms with Crippen molar-refractivity contribution in [2.24, 2.45) is 0 Å². The van der Waals surface area contributed by atoms with Crippen LogP contribution in [0.4, 0.5) is 5.69 Å². The number of furan rings is 2. The molecule has 0 N–H and O–H groups in total. The Morgan fingerprint density at radius 2 is 1.09 bits per heavy atom. The van der Waals surface area contributed by atoms with Crippen molar-refractivity contribution in [1.29, 1.82) is 0 Å². The predicted molar refractivity (Wildman–Crippen MR) is 213 cm³/mol. The normalized spacial score (nSPS) is 11.8. The van der Waals surface area contributed by atoms with Crippen LogP contribution in [0, 0.1) is 6.57 Å². The molecule has 0 amide bonds. The van der Waals surface area contributed by atoms with Gasteiger partial charge in [0.15, 0.2) is 5.82 Å². The van der Waals surface area contributed by atoms with Gasteiger partial charge in [-0.1, -0.05) is 103 Å². The van der Waals surface area contributed by atoms with Crippen molar-refractivity contribution < 1.29 is 8.83 Å². The van der Waals surface area contributed by atoms with Crippen LogP contribution in [-0.2, 0) is 0 Å². The second kappa shape index (κ2) is 11.3. The summed E-state index contributed by atoms with van der Waals surface area (Å²) in [6.07, 6.45) is 0. The van der Waals surface area contributed by atoms with Crippen LogP contribution in [0.2, 0.25) is 0 Å². The Bertz CT molecular complexity index is 3290. The number of hydrogen-bond acceptors (Lipinski definition) is 4. The molecule has 0 saturated heterocycles. The van der Waals surface area contributed by atoms with Gasteiger partial charge in [-0.25, -0.2) is 14.8 Å². The van der Waals surface area contributed by atoms with Gasteiger partial charge < -0.3 is 13.4 Å². The fourth-order valence-electron chi connectivity index (χ4n) is 7.84. The molecule has 0 saturated carbocycles. The Kier molecular flexibility index (Phi) is 6.22. The number of benzene rings is 7. The summed E-state index contributed by atoms with van der Waals surface area (Å²) in [6, 6.07) is 53.2. The molecule has 0 radical (unpaired) electrons. The lowest BCUT2D eigenvalue weighted by molar-refractivity contribution is 0.669. The fourth-order valence-corrected chi connectivity index (χ4v) is 7.84. The van der Waals surface area contributed by atoms with E-state index in [1.807, 2.05) is 84.9 Å². The number of rotatable bonds is 4. The summed E-state index contributed by atoms with van der Waals surface area (Å²) >= 11 is 0.